The van der Waals surface area contributed by atoms with Gasteiger partial charge in [-0.3, -0.25) is 4.79 Å². The molecule has 0 aromatic heterocycles. The summed E-state index contributed by atoms with van der Waals surface area (Å²) in [6.07, 6.45) is 4.31. The third-order valence-corrected chi connectivity index (χ3v) is 4.17. The van der Waals surface area contributed by atoms with E-state index in [2.05, 4.69) is 12.2 Å². The standard InChI is InChI=1S/C14H26N2O2/c1-11-9-12(11)10-16(2)14(17)5-8-18-13-3-6-15-7-4-13/h11-13,15H,3-10H2,1-2H3. The average molecular weight is 254 g/mol. The summed E-state index contributed by atoms with van der Waals surface area (Å²) in [5, 5.41) is 3.31. The summed E-state index contributed by atoms with van der Waals surface area (Å²) in [6, 6.07) is 0. The lowest BCUT2D eigenvalue weighted by atomic mass is 10.1. The molecule has 18 heavy (non-hydrogen) atoms. The van der Waals surface area contributed by atoms with E-state index in [0.717, 1.165) is 44.3 Å². The maximum absolute atomic E-state index is 11.9. The average Bonchev–Trinajstić information content (AvgIpc) is 3.06. The van der Waals surface area contributed by atoms with Gasteiger partial charge < -0.3 is 15.0 Å². The van der Waals surface area contributed by atoms with Gasteiger partial charge in [-0.05, 0) is 44.2 Å². The highest BCUT2D eigenvalue weighted by atomic mass is 16.5. The van der Waals surface area contributed by atoms with Crippen LogP contribution in [-0.2, 0) is 9.53 Å². The van der Waals surface area contributed by atoms with Gasteiger partial charge in [-0.1, -0.05) is 6.92 Å². The van der Waals surface area contributed by atoms with Crippen molar-refractivity contribution in [3.63, 3.8) is 0 Å². The molecular weight excluding hydrogens is 228 g/mol. The quantitative estimate of drug-likeness (QED) is 0.776. The zero-order valence-electron chi connectivity index (χ0n) is 11.7. The molecule has 4 nitrogen and oxygen atoms in total. The van der Waals surface area contributed by atoms with E-state index in [1.54, 1.807) is 0 Å². The molecule has 0 radical (unpaired) electrons. The number of ether oxygens (including phenoxy) is 1. The van der Waals surface area contributed by atoms with E-state index in [-0.39, 0.29) is 5.91 Å². The SMILES string of the molecule is CC1CC1CN(C)C(=O)CCOC1CCNCC1. The predicted molar refractivity (Wildman–Crippen MR) is 71.4 cm³/mol. The molecule has 1 heterocycles. The lowest BCUT2D eigenvalue weighted by molar-refractivity contribution is -0.131. The lowest BCUT2D eigenvalue weighted by Crippen LogP contribution is -2.34. The van der Waals surface area contributed by atoms with E-state index in [9.17, 15) is 4.79 Å². The molecule has 0 spiro atoms. The van der Waals surface area contributed by atoms with Crippen molar-refractivity contribution >= 4 is 5.91 Å². The highest BCUT2D eigenvalue weighted by molar-refractivity contribution is 5.75. The third-order valence-electron chi connectivity index (χ3n) is 4.17. The summed E-state index contributed by atoms with van der Waals surface area (Å²) in [5.41, 5.74) is 0. The Morgan fingerprint density at radius 1 is 1.39 bits per heavy atom. The molecule has 1 saturated carbocycles. The zero-order chi connectivity index (χ0) is 13.0. The van der Waals surface area contributed by atoms with Crippen LogP contribution in [0, 0.1) is 11.8 Å². The minimum Gasteiger partial charge on any atom is -0.378 e. The largest absolute Gasteiger partial charge is 0.378 e. The Balaban J connectivity index is 1.55. The molecule has 2 aliphatic rings. The predicted octanol–water partition coefficient (Wildman–Crippen LogP) is 1.26. The van der Waals surface area contributed by atoms with Crippen molar-refractivity contribution in [1.82, 2.24) is 10.2 Å². The second-order valence-electron chi connectivity index (χ2n) is 5.82. The second-order valence-corrected chi connectivity index (χ2v) is 5.82. The molecule has 2 fully saturated rings. The van der Waals surface area contributed by atoms with E-state index >= 15 is 0 Å². The zero-order valence-corrected chi connectivity index (χ0v) is 11.7. The van der Waals surface area contributed by atoms with Gasteiger partial charge in [0.1, 0.15) is 0 Å². The van der Waals surface area contributed by atoms with Crippen molar-refractivity contribution in [3.8, 4) is 0 Å². The van der Waals surface area contributed by atoms with Gasteiger partial charge in [0.05, 0.1) is 19.1 Å². The molecule has 0 bridgehead atoms. The Bertz CT molecular complexity index is 277. The Labute approximate surface area is 110 Å². The smallest absolute Gasteiger partial charge is 0.224 e. The third kappa shape index (κ3) is 4.25. The fourth-order valence-corrected chi connectivity index (χ4v) is 2.57. The van der Waals surface area contributed by atoms with E-state index in [1.165, 1.54) is 6.42 Å². The van der Waals surface area contributed by atoms with Crippen LogP contribution in [0.25, 0.3) is 0 Å². The van der Waals surface area contributed by atoms with Crippen LogP contribution < -0.4 is 5.32 Å². The lowest BCUT2D eigenvalue weighted by Gasteiger charge is -2.23. The number of carbonyl (C=O) groups excluding carboxylic acids is 1. The summed E-state index contributed by atoms with van der Waals surface area (Å²) in [4.78, 5) is 13.8. The van der Waals surface area contributed by atoms with Crippen molar-refractivity contribution < 1.29 is 9.53 Å². The molecule has 0 aromatic rings. The van der Waals surface area contributed by atoms with E-state index in [4.69, 9.17) is 4.74 Å². The molecule has 1 saturated heterocycles. The van der Waals surface area contributed by atoms with E-state index in [0.29, 0.717) is 19.1 Å². The number of amides is 1. The van der Waals surface area contributed by atoms with Gasteiger partial charge in [-0.15, -0.1) is 0 Å². The van der Waals surface area contributed by atoms with Crippen LogP contribution in [0.2, 0.25) is 0 Å². The van der Waals surface area contributed by atoms with Gasteiger partial charge in [0.25, 0.3) is 0 Å². The first-order chi connectivity index (χ1) is 8.66. The molecule has 2 atom stereocenters. The number of rotatable bonds is 6. The van der Waals surface area contributed by atoms with Crippen LogP contribution in [-0.4, -0.2) is 50.2 Å². The number of carbonyl (C=O) groups is 1. The van der Waals surface area contributed by atoms with Crippen LogP contribution >= 0.6 is 0 Å². The number of nitrogens with one attached hydrogen (secondary N) is 1. The topological polar surface area (TPSA) is 41.6 Å². The molecule has 2 rings (SSSR count). The number of piperidine rings is 1. The van der Waals surface area contributed by atoms with Crippen molar-refractivity contribution in [2.24, 2.45) is 11.8 Å². The van der Waals surface area contributed by atoms with Crippen LogP contribution in [0.15, 0.2) is 0 Å². The van der Waals surface area contributed by atoms with E-state index < -0.39 is 0 Å². The Hall–Kier alpha value is -0.610. The summed E-state index contributed by atoms with van der Waals surface area (Å²) in [5.74, 6) is 1.78. The molecule has 1 amide bonds. The maximum Gasteiger partial charge on any atom is 0.224 e. The molecule has 104 valence electrons. The van der Waals surface area contributed by atoms with Crippen LogP contribution in [0.3, 0.4) is 0 Å². The maximum atomic E-state index is 11.9. The van der Waals surface area contributed by atoms with Crippen molar-refractivity contribution in [3.05, 3.63) is 0 Å². The Morgan fingerprint density at radius 2 is 2.06 bits per heavy atom. The molecule has 1 aliphatic carbocycles. The minimum absolute atomic E-state index is 0.225. The van der Waals surface area contributed by atoms with Crippen LogP contribution in [0.4, 0.5) is 0 Å². The molecular formula is C14H26N2O2. The van der Waals surface area contributed by atoms with Gasteiger partial charge in [0.2, 0.25) is 5.91 Å². The molecule has 1 aliphatic heterocycles. The summed E-state index contributed by atoms with van der Waals surface area (Å²) >= 11 is 0. The molecule has 4 heteroatoms. The van der Waals surface area contributed by atoms with Gasteiger partial charge in [0, 0.05) is 13.6 Å². The van der Waals surface area contributed by atoms with Crippen LogP contribution in [0.1, 0.15) is 32.6 Å². The van der Waals surface area contributed by atoms with Crippen molar-refractivity contribution in [2.45, 2.75) is 38.7 Å². The second kappa shape index (κ2) is 6.53. The number of hydrogen-bond acceptors (Lipinski definition) is 3. The van der Waals surface area contributed by atoms with E-state index in [1.807, 2.05) is 11.9 Å². The highest BCUT2D eigenvalue weighted by Gasteiger charge is 2.34. The van der Waals surface area contributed by atoms with Gasteiger partial charge in [-0.25, -0.2) is 0 Å². The van der Waals surface area contributed by atoms with Crippen molar-refractivity contribution in [2.75, 3.05) is 33.3 Å². The van der Waals surface area contributed by atoms with Gasteiger partial charge in [-0.2, -0.15) is 0 Å². The molecule has 0 aromatic carbocycles. The first-order valence-electron chi connectivity index (χ1n) is 7.23. The number of nitrogens with zero attached hydrogens (tertiary/aromatic N) is 1. The number of hydrogen-bond donors (Lipinski definition) is 1. The Kier molecular flexibility index (Phi) is 5.01. The monoisotopic (exact) mass is 254 g/mol. The fourth-order valence-electron chi connectivity index (χ4n) is 2.57. The first kappa shape index (κ1) is 13.8. The van der Waals surface area contributed by atoms with Crippen LogP contribution in [0.5, 0.6) is 0 Å². The molecule has 1 N–H and O–H groups in total. The summed E-state index contributed by atoms with van der Waals surface area (Å²) in [7, 11) is 1.91. The Morgan fingerprint density at radius 3 is 2.67 bits per heavy atom. The highest BCUT2D eigenvalue weighted by Crippen LogP contribution is 2.37. The van der Waals surface area contributed by atoms with Gasteiger partial charge >= 0.3 is 0 Å². The summed E-state index contributed by atoms with van der Waals surface area (Å²) < 4.78 is 5.76. The normalized spacial score (nSPS) is 28.1. The minimum atomic E-state index is 0.225. The fraction of sp³-hybridized carbons (Fsp3) is 0.929. The molecule has 2 unspecified atom stereocenters. The first-order valence-corrected chi connectivity index (χ1v) is 7.23. The van der Waals surface area contributed by atoms with Crippen molar-refractivity contribution in [1.29, 1.82) is 0 Å². The van der Waals surface area contributed by atoms with Gasteiger partial charge in [0.15, 0.2) is 0 Å². The summed E-state index contributed by atoms with van der Waals surface area (Å²) in [6.45, 7) is 5.83.